The SMILES string of the molecule is COc1cc(-c2cccc([C@H]3O[C@H](CO)[C@@H](O)[C@H](O)[C@@H]3O)c2C)ccc1-c1nnc(C)o1. The number of ether oxygens (including phenoxy) is 2. The Kier molecular flexibility index (Phi) is 6.27. The molecule has 1 aliphatic heterocycles. The molecule has 4 rings (SSSR count). The molecule has 1 aliphatic rings. The topological polar surface area (TPSA) is 138 Å². The summed E-state index contributed by atoms with van der Waals surface area (Å²) >= 11 is 0. The van der Waals surface area contributed by atoms with Crippen molar-refractivity contribution in [1.29, 1.82) is 0 Å². The van der Waals surface area contributed by atoms with E-state index in [4.69, 9.17) is 13.9 Å². The summed E-state index contributed by atoms with van der Waals surface area (Å²) in [5.41, 5.74) is 3.85. The van der Waals surface area contributed by atoms with Crippen LogP contribution in [-0.4, -0.2) is 68.8 Å². The number of aryl methyl sites for hydroxylation is 1. The van der Waals surface area contributed by atoms with Gasteiger partial charge in [0.1, 0.15) is 36.3 Å². The second-order valence-electron chi connectivity index (χ2n) is 7.81. The van der Waals surface area contributed by atoms with E-state index in [0.717, 1.165) is 16.7 Å². The van der Waals surface area contributed by atoms with Crippen molar-refractivity contribution in [2.75, 3.05) is 13.7 Å². The van der Waals surface area contributed by atoms with E-state index >= 15 is 0 Å². The van der Waals surface area contributed by atoms with Gasteiger partial charge in [0.25, 0.3) is 5.89 Å². The average Bonchev–Trinajstić information content (AvgIpc) is 3.24. The molecule has 2 aromatic carbocycles. The number of aromatic nitrogens is 2. The maximum absolute atomic E-state index is 10.5. The van der Waals surface area contributed by atoms with Crippen molar-refractivity contribution in [2.45, 2.75) is 44.4 Å². The molecule has 0 unspecified atom stereocenters. The van der Waals surface area contributed by atoms with Crippen LogP contribution in [-0.2, 0) is 4.74 Å². The molecule has 2 heterocycles. The third-order valence-electron chi connectivity index (χ3n) is 5.84. The normalized spacial score (nSPS) is 25.7. The minimum absolute atomic E-state index is 0.359. The number of rotatable bonds is 5. The van der Waals surface area contributed by atoms with E-state index in [2.05, 4.69) is 10.2 Å². The monoisotopic (exact) mass is 442 g/mol. The highest BCUT2D eigenvalue weighted by Crippen LogP contribution is 2.39. The van der Waals surface area contributed by atoms with E-state index < -0.39 is 37.1 Å². The number of methoxy groups -OCH3 is 1. The minimum Gasteiger partial charge on any atom is -0.496 e. The van der Waals surface area contributed by atoms with Gasteiger partial charge in [0.15, 0.2) is 0 Å². The van der Waals surface area contributed by atoms with Crippen molar-refractivity contribution in [2.24, 2.45) is 0 Å². The zero-order valence-corrected chi connectivity index (χ0v) is 18.0. The van der Waals surface area contributed by atoms with Crippen molar-refractivity contribution in [3.05, 3.63) is 53.4 Å². The second-order valence-corrected chi connectivity index (χ2v) is 7.81. The van der Waals surface area contributed by atoms with Gasteiger partial charge in [-0.2, -0.15) is 0 Å². The van der Waals surface area contributed by atoms with Gasteiger partial charge >= 0.3 is 0 Å². The highest BCUT2D eigenvalue weighted by atomic mass is 16.5. The molecule has 170 valence electrons. The van der Waals surface area contributed by atoms with Crippen LogP contribution >= 0.6 is 0 Å². The smallest absolute Gasteiger partial charge is 0.251 e. The summed E-state index contributed by atoms with van der Waals surface area (Å²) < 4.78 is 16.8. The average molecular weight is 442 g/mol. The number of hydrogen-bond acceptors (Lipinski definition) is 9. The van der Waals surface area contributed by atoms with Crippen LogP contribution in [0.15, 0.2) is 40.8 Å². The molecule has 0 aliphatic carbocycles. The molecule has 1 aromatic heterocycles. The molecule has 4 N–H and O–H groups in total. The van der Waals surface area contributed by atoms with Gasteiger partial charge in [-0.3, -0.25) is 0 Å². The first-order valence-corrected chi connectivity index (χ1v) is 10.2. The zero-order valence-electron chi connectivity index (χ0n) is 18.0. The summed E-state index contributed by atoms with van der Waals surface area (Å²) in [6.07, 6.45) is -6.07. The Balaban J connectivity index is 1.73. The fourth-order valence-corrected chi connectivity index (χ4v) is 4.07. The van der Waals surface area contributed by atoms with Crippen LogP contribution in [0.4, 0.5) is 0 Å². The quantitative estimate of drug-likeness (QED) is 0.463. The van der Waals surface area contributed by atoms with Gasteiger partial charge in [-0.15, -0.1) is 10.2 Å². The fraction of sp³-hybridized carbons (Fsp3) is 0.391. The third-order valence-corrected chi connectivity index (χ3v) is 5.84. The maximum atomic E-state index is 10.5. The predicted octanol–water partition coefficient (Wildman–Crippen LogP) is 1.54. The van der Waals surface area contributed by atoms with Crippen LogP contribution in [0, 0.1) is 13.8 Å². The molecular formula is C23H26N2O7. The van der Waals surface area contributed by atoms with Crippen molar-refractivity contribution < 1.29 is 34.3 Å². The van der Waals surface area contributed by atoms with Crippen LogP contribution in [0.2, 0.25) is 0 Å². The summed E-state index contributed by atoms with van der Waals surface area (Å²) in [5.74, 6) is 1.37. The van der Waals surface area contributed by atoms with Gasteiger partial charge in [0.2, 0.25) is 5.89 Å². The van der Waals surface area contributed by atoms with E-state index in [1.807, 2.05) is 37.3 Å². The van der Waals surface area contributed by atoms with E-state index in [1.54, 1.807) is 20.1 Å². The van der Waals surface area contributed by atoms with E-state index in [1.165, 1.54) is 0 Å². The Morgan fingerprint density at radius 2 is 1.75 bits per heavy atom. The summed E-state index contributed by atoms with van der Waals surface area (Å²) in [6.45, 7) is 3.12. The van der Waals surface area contributed by atoms with Crippen LogP contribution in [0.25, 0.3) is 22.6 Å². The highest BCUT2D eigenvalue weighted by molar-refractivity contribution is 5.75. The second kappa shape index (κ2) is 8.97. The lowest BCUT2D eigenvalue weighted by Crippen LogP contribution is -2.55. The lowest BCUT2D eigenvalue weighted by atomic mass is 9.87. The molecule has 9 nitrogen and oxygen atoms in total. The number of aliphatic hydroxyl groups is 4. The summed E-state index contributed by atoms with van der Waals surface area (Å²) in [5, 5.41) is 48.2. The van der Waals surface area contributed by atoms with Crippen molar-refractivity contribution in [3.8, 4) is 28.3 Å². The van der Waals surface area contributed by atoms with Crippen molar-refractivity contribution >= 4 is 0 Å². The van der Waals surface area contributed by atoms with Gasteiger partial charge in [-0.25, -0.2) is 0 Å². The van der Waals surface area contributed by atoms with Crippen molar-refractivity contribution in [1.82, 2.24) is 10.2 Å². The molecule has 0 radical (unpaired) electrons. The standard InChI is InChI=1S/C23H26N2O7/c1-11-14(13-7-8-16(17(9-13)30-3)23-25-24-12(2)31-23)5-4-6-15(11)22-21(29)20(28)19(27)18(10-26)32-22/h4-9,18-22,26-29H,10H2,1-3H3/t18-,19-,20+,21+,22-/m1/s1. The first-order valence-electron chi connectivity index (χ1n) is 10.2. The number of nitrogens with zero attached hydrogens (tertiary/aromatic N) is 2. The lowest BCUT2D eigenvalue weighted by molar-refractivity contribution is -0.231. The van der Waals surface area contributed by atoms with Crippen LogP contribution in [0.1, 0.15) is 23.1 Å². The molecule has 9 heteroatoms. The third kappa shape index (κ3) is 3.89. The number of hydrogen-bond donors (Lipinski definition) is 4. The number of aliphatic hydroxyl groups excluding tert-OH is 4. The Morgan fingerprint density at radius 1 is 0.969 bits per heavy atom. The van der Waals surface area contributed by atoms with Gasteiger partial charge < -0.3 is 34.3 Å². The fourth-order valence-electron chi connectivity index (χ4n) is 4.07. The Morgan fingerprint density at radius 3 is 2.41 bits per heavy atom. The van der Waals surface area contributed by atoms with E-state index in [9.17, 15) is 20.4 Å². The predicted molar refractivity (Wildman–Crippen MR) is 114 cm³/mol. The molecule has 0 spiro atoms. The summed E-state index contributed by atoms with van der Waals surface area (Å²) in [4.78, 5) is 0. The molecule has 0 amide bonds. The molecule has 1 saturated heterocycles. The largest absolute Gasteiger partial charge is 0.496 e. The zero-order chi connectivity index (χ0) is 23.0. The van der Waals surface area contributed by atoms with Gasteiger partial charge in [0, 0.05) is 6.92 Å². The Labute approximate surface area is 184 Å². The maximum Gasteiger partial charge on any atom is 0.251 e. The van der Waals surface area contributed by atoms with Gasteiger partial charge in [-0.05, 0) is 41.3 Å². The highest BCUT2D eigenvalue weighted by Gasteiger charge is 2.44. The summed E-state index contributed by atoms with van der Waals surface area (Å²) in [6, 6.07) is 11.1. The van der Waals surface area contributed by atoms with Gasteiger partial charge in [-0.1, -0.05) is 24.3 Å². The molecule has 0 bridgehead atoms. The van der Waals surface area contributed by atoms with Gasteiger partial charge in [0.05, 0.1) is 19.3 Å². The Bertz CT molecular complexity index is 1100. The molecule has 1 fully saturated rings. The molecule has 32 heavy (non-hydrogen) atoms. The summed E-state index contributed by atoms with van der Waals surface area (Å²) in [7, 11) is 1.56. The van der Waals surface area contributed by atoms with Crippen LogP contribution in [0.3, 0.4) is 0 Å². The molecule has 3 aromatic rings. The molecule has 0 saturated carbocycles. The lowest BCUT2D eigenvalue weighted by Gasteiger charge is -2.40. The molecule has 5 atom stereocenters. The minimum atomic E-state index is -1.44. The van der Waals surface area contributed by atoms with Crippen molar-refractivity contribution in [3.63, 3.8) is 0 Å². The number of benzene rings is 2. The van der Waals surface area contributed by atoms with E-state index in [0.29, 0.717) is 28.7 Å². The first kappa shape index (κ1) is 22.4. The van der Waals surface area contributed by atoms with E-state index in [-0.39, 0.29) is 0 Å². The Hall–Kier alpha value is -2.82. The van der Waals surface area contributed by atoms with Crippen LogP contribution < -0.4 is 4.74 Å². The van der Waals surface area contributed by atoms with Crippen LogP contribution in [0.5, 0.6) is 5.75 Å². The molecular weight excluding hydrogens is 416 g/mol. The first-order chi connectivity index (χ1) is 15.3.